The Hall–Kier alpha value is -2.41. The van der Waals surface area contributed by atoms with E-state index in [1.165, 1.54) is 18.3 Å². The fourth-order valence-electron chi connectivity index (χ4n) is 1.28. The van der Waals surface area contributed by atoms with Crippen LogP contribution in [0.1, 0.15) is 11.3 Å². The van der Waals surface area contributed by atoms with Crippen molar-refractivity contribution in [2.45, 2.75) is 6.61 Å². The topological polar surface area (TPSA) is 45.9 Å². The molecule has 84 valence electrons. The molecule has 4 heteroatoms. The molecule has 0 bridgehead atoms. The zero-order valence-electron chi connectivity index (χ0n) is 8.93. The van der Waals surface area contributed by atoms with Gasteiger partial charge in [-0.1, -0.05) is 12.1 Å². The molecule has 0 aliphatic rings. The van der Waals surface area contributed by atoms with Crippen LogP contribution in [-0.2, 0) is 6.61 Å². The number of ether oxygens (including phenoxy) is 1. The highest BCUT2D eigenvalue weighted by atomic mass is 19.1. The van der Waals surface area contributed by atoms with E-state index in [2.05, 4.69) is 4.98 Å². The lowest BCUT2D eigenvalue weighted by molar-refractivity contribution is 0.305. The number of nitriles is 1. The average Bonchev–Trinajstić information content (AvgIpc) is 2.39. The number of halogens is 1. The number of hydrogen-bond acceptors (Lipinski definition) is 3. The molecule has 0 atom stereocenters. The van der Waals surface area contributed by atoms with E-state index in [-0.39, 0.29) is 5.82 Å². The molecule has 0 N–H and O–H groups in total. The molecule has 2 aromatic rings. The van der Waals surface area contributed by atoms with E-state index >= 15 is 0 Å². The molecule has 0 saturated carbocycles. The maximum Gasteiger partial charge on any atom is 0.140 e. The maximum absolute atomic E-state index is 12.7. The molecule has 0 unspecified atom stereocenters. The van der Waals surface area contributed by atoms with E-state index in [4.69, 9.17) is 10.00 Å². The van der Waals surface area contributed by atoms with Gasteiger partial charge in [-0.15, -0.1) is 0 Å². The van der Waals surface area contributed by atoms with Crippen LogP contribution >= 0.6 is 0 Å². The van der Waals surface area contributed by atoms with Crippen molar-refractivity contribution >= 4 is 0 Å². The van der Waals surface area contributed by atoms with Crippen molar-refractivity contribution in [2.75, 3.05) is 0 Å². The zero-order chi connectivity index (χ0) is 12.1. The van der Waals surface area contributed by atoms with Gasteiger partial charge in [-0.25, -0.2) is 9.37 Å². The lowest BCUT2D eigenvalue weighted by Crippen LogP contribution is -1.96. The Labute approximate surface area is 98.1 Å². The molecule has 0 aliphatic carbocycles. The van der Waals surface area contributed by atoms with Gasteiger partial charge in [0.25, 0.3) is 0 Å². The van der Waals surface area contributed by atoms with Gasteiger partial charge in [0, 0.05) is 0 Å². The van der Waals surface area contributed by atoms with Crippen LogP contribution in [0.2, 0.25) is 0 Å². The standard InChI is InChI=1S/C13H9FN2O/c14-11-3-1-10(2-4-11)9-17-13-6-5-12(7-15)16-8-13/h1-6,8H,9H2. The Kier molecular flexibility index (Phi) is 3.31. The van der Waals surface area contributed by atoms with Crippen molar-refractivity contribution in [2.24, 2.45) is 0 Å². The molecule has 2 rings (SSSR count). The molecule has 0 fully saturated rings. The van der Waals surface area contributed by atoms with E-state index in [0.29, 0.717) is 18.1 Å². The third kappa shape index (κ3) is 3.02. The monoisotopic (exact) mass is 228 g/mol. The summed E-state index contributed by atoms with van der Waals surface area (Å²) in [7, 11) is 0. The molecule has 0 amide bonds. The number of rotatable bonds is 3. The number of pyridine rings is 1. The van der Waals surface area contributed by atoms with Crippen LogP contribution in [0.5, 0.6) is 5.75 Å². The molecule has 0 radical (unpaired) electrons. The highest BCUT2D eigenvalue weighted by Gasteiger charge is 1.98. The molecule has 0 spiro atoms. The van der Waals surface area contributed by atoms with E-state index in [9.17, 15) is 4.39 Å². The normalized spacial score (nSPS) is 9.65. The zero-order valence-corrected chi connectivity index (χ0v) is 8.93. The van der Waals surface area contributed by atoms with Crippen molar-refractivity contribution in [3.63, 3.8) is 0 Å². The molecule has 1 aromatic heterocycles. The van der Waals surface area contributed by atoms with Gasteiger partial charge in [-0.2, -0.15) is 5.26 Å². The molecular formula is C13H9FN2O. The summed E-state index contributed by atoms with van der Waals surface area (Å²) in [6, 6.07) is 11.3. The summed E-state index contributed by atoms with van der Waals surface area (Å²) in [5.74, 6) is 0.308. The largest absolute Gasteiger partial charge is 0.487 e. The quantitative estimate of drug-likeness (QED) is 0.811. The van der Waals surface area contributed by atoms with Gasteiger partial charge in [-0.05, 0) is 29.8 Å². The molecule has 1 aromatic carbocycles. The van der Waals surface area contributed by atoms with Gasteiger partial charge in [-0.3, -0.25) is 0 Å². The Balaban J connectivity index is 1.98. The van der Waals surface area contributed by atoms with Crippen LogP contribution < -0.4 is 4.74 Å². The SMILES string of the molecule is N#Cc1ccc(OCc2ccc(F)cc2)cn1. The predicted octanol–water partition coefficient (Wildman–Crippen LogP) is 2.67. The molecule has 17 heavy (non-hydrogen) atoms. The Morgan fingerprint density at radius 1 is 1.18 bits per heavy atom. The third-order valence-electron chi connectivity index (χ3n) is 2.17. The van der Waals surface area contributed by atoms with E-state index < -0.39 is 0 Å². The minimum Gasteiger partial charge on any atom is -0.487 e. The van der Waals surface area contributed by atoms with Crippen LogP contribution in [-0.4, -0.2) is 4.98 Å². The Morgan fingerprint density at radius 3 is 2.53 bits per heavy atom. The van der Waals surface area contributed by atoms with Crippen LogP contribution in [0.4, 0.5) is 4.39 Å². The summed E-state index contributed by atoms with van der Waals surface area (Å²) in [5.41, 5.74) is 1.22. The summed E-state index contributed by atoms with van der Waals surface area (Å²) in [5, 5.41) is 8.57. The van der Waals surface area contributed by atoms with Gasteiger partial charge in [0.15, 0.2) is 0 Å². The van der Waals surface area contributed by atoms with Crippen molar-refractivity contribution in [1.82, 2.24) is 4.98 Å². The second kappa shape index (κ2) is 5.08. The predicted molar refractivity (Wildman–Crippen MR) is 59.7 cm³/mol. The van der Waals surface area contributed by atoms with Crippen LogP contribution in [0.25, 0.3) is 0 Å². The van der Waals surface area contributed by atoms with E-state index in [1.54, 1.807) is 24.3 Å². The Morgan fingerprint density at radius 2 is 1.94 bits per heavy atom. The molecule has 0 saturated heterocycles. The van der Waals surface area contributed by atoms with Crippen molar-refractivity contribution in [1.29, 1.82) is 5.26 Å². The lowest BCUT2D eigenvalue weighted by atomic mass is 10.2. The number of nitrogens with zero attached hydrogens (tertiary/aromatic N) is 2. The van der Waals surface area contributed by atoms with Crippen molar-refractivity contribution < 1.29 is 9.13 Å². The maximum atomic E-state index is 12.7. The summed E-state index contributed by atoms with van der Waals surface area (Å²) >= 11 is 0. The average molecular weight is 228 g/mol. The van der Waals surface area contributed by atoms with E-state index in [0.717, 1.165) is 5.56 Å². The van der Waals surface area contributed by atoms with Crippen LogP contribution in [0.3, 0.4) is 0 Å². The van der Waals surface area contributed by atoms with Gasteiger partial charge in [0.1, 0.15) is 29.9 Å². The summed E-state index contributed by atoms with van der Waals surface area (Å²) in [4.78, 5) is 3.88. The van der Waals surface area contributed by atoms with Gasteiger partial charge >= 0.3 is 0 Å². The first-order valence-electron chi connectivity index (χ1n) is 5.01. The number of hydrogen-bond donors (Lipinski definition) is 0. The van der Waals surface area contributed by atoms with Crippen molar-refractivity contribution in [3.8, 4) is 11.8 Å². The van der Waals surface area contributed by atoms with Gasteiger partial charge in [0.05, 0.1) is 6.20 Å². The fourth-order valence-corrected chi connectivity index (χ4v) is 1.28. The smallest absolute Gasteiger partial charge is 0.140 e. The molecule has 3 nitrogen and oxygen atoms in total. The highest BCUT2D eigenvalue weighted by Crippen LogP contribution is 2.12. The van der Waals surface area contributed by atoms with Gasteiger partial charge < -0.3 is 4.74 Å². The summed E-state index contributed by atoms with van der Waals surface area (Å²) in [6.07, 6.45) is 1.49. The molecule has 0 aliphatic heterocycles. The second-order valence-electron chi connectivity index (χ2n) is 3.41. The van der Waals surface area contributed by atoms with Crippen molar-refractivity contribution in [3.05, 3.63) is 59.7 Å². The highest BCUT2D eigenvalue weighted by molar-refractivity contribution is 5.27. The minimum absolute atomic E-state index is 0.270. The summed E-state index contributed by atoms with van der Waals surface area (Å²) in [6.45, 7) is 0.341. The van der Waals surface area contributed by atoms with Crippen LogP contribution in [0.15, 0.2) is 42.6 Å². The minimum atomic E-state index is -0.270. The molecule has 1 heterocycles. The van der Waals surface area contributed by atoms with Crippen LogP contribution in [0, 0.1) is 17.1 Å². The first-order valence-corrected chi connectivity index (χ1v) is 5.01. The first-order chi connectivity index (χ1) is 8.28. The molecular weight excluding hydrogens is 219 g/mol. The lowest BCUT2D eigenvalue weighted by Gasteiger charge is -2.05. The Bertz CT molecular complexity index is 529. The first kappa shape index (κ1) is 11.1. The number of benzene rings is 1. The third-order valence-corrected chi connectivity index (χ3v) is 2.17. The van der Waals surface area contributed by atoms with E-state index in [1.807, 2.05) is 6.07 Å². The fraction of sp³-hybridized carbons (Fsp3) is 0.0769. The second-order valence-corrected chi connectivity index (χ2v) is 3.41. The summed E-state index contributed by atoms with van der Waals surface area (Å²) < 4.78 is 18.1. The van der Waals surface area contributed by atoms with Gasteiger partial charge in [0.2, 0.25) is 0 Å². The number of aromatic nitrogens is 1.